The second-order valence-corrected chi connectivity index (χ2v) is 5.04. The SMILES string of the molecule is CCCCCCCCCCCCC(C)NN. The minimum absolute atomic E-state index is 0.481. The number of hydrogen-bond acceptors (Lipinski definition) is 2. The molecule has 0 rings (SSSR count). The van der Waals surface area contributed by atoms with Gasteiger partial charge in [-0.2, -0.15) is 0 Å². The van der Waals surface area contributed by atoms with Crippen LogP contribution in [0.5, 0.6) is 0 Å². The highest BCUT2D eigenvalue weighted by atomic mass is 15.2. The monoisotopic (exact) mass is 228 g/mol. The molecule has 2 nitrogen and oxygen atoms in total. The Morgan fingerprint density at radius 2 is 1.25 bits per heavy atom. The molecular formula is C14H32N2. The number of nitrogens with one attached hydrogen (secondary N) is 1. The fraction of sp³-hybridized carbons (Fsp3) is 1.00. The molecule has 0 aliphatic heterocycles. The third-order valence-corrected chi connectivity index (χ3v) is 3.28. The Morgan fingerprint density at radius 1 is 0.812 bits per heavy atom. The Balaban J connectivity index is 2.93. The van der Waals surface area contributed by atoms with Crippen LogP contribution < -0.4 is 11.3 Å². The summed E-state index contributed by atoms with van der Waals surface area (Å²) < 4.78 is 0. The van der Waals surface area contributed by atoms with Crippen LogP contribution >= 0.6 is 0 Å². The first-order valence-corrected chi connectivity index (χ1v) is 7.27. The number of hydrazine groups is 1. The highest BCUT2D eigenvalue weighted by Crippen LogP contribution is 2.11. The van der Waals surface area contributed by atoms with Gasteiger partial charge in [-0.1, -0.05) is 71.1 Å². The smallest absolute Gasteiger partial charge is 0.0182 e. The highest BCUT2D eigenvalue weighted by Gasteiger charge is 1.97. The van der Waals surface area contributed by atoms with E-state index in [1.807, 2.05) is 0 Å². The first kappa shape index (κ1) is 15.9. The fourth-order valence-corrected chi connectivity index (χ4v) is 2.02. The lowest BCUT2D eigenvalue weighted by Crippen LogP contribution is -2.32. The van der Waals surface area contributed by atoms with Crippen LogP contribution in [-0.4, -0.2) is 6.04 Å². The van der Waals surface area contributed by atoms with E-state index in [0.29, 0.717) is 6.04 Å². The quantitative estimate of drug-likeness (QED) is 0.299. The van der Waals surface area contributed by atoms with E-state index >= 15 is 0 Å². The van der Waals surface area contributed by atoms with Crippen molar-refractivity contribution in [3.63, 3.8) is 0 Å². The molecule has 0 amide bonds. The molecule has 0 aliphatic carbocycles. The molecule has 1 atom stereocenters. The number of rotatable bonds is 12. The van der Waals surface area contributed by atoms with Crippen molar-refractivity contribution in [2.45, 2.75) is 90.5 Å². The van der Waals surface area contributed by atoms with Gasteiger partial charge in [-0.3, -0.25) is 11.3 Å². The molecule has 0 aromatic rings. The van der Waals surface area contributed by atoms with Gasteiger partial charge in [0.05, 0.1) is 0 Å². The van der Waals surface area contributed by atoms with E-state index in [1.165, 1.54) is 70.6 Å². The van der Waals surface area contributed by atoms with Gasteiger partial charge < -0.3 is 0 Å². The van der Waals surface area contributed by atoms with Crippen LogP contribution in [0.15, 0.2) is 0 Å². The van der Waals surface area contributed by atoms with Gasteiger partial charge >= 0.3 is 0 Å². The van der Waals surface area contributed by atoms with Crippen LogP contribution in [0.1, 0.15) is 84.5 Å². The van der Waals surface area contributed by atoms with E-state index < -0.39 is 0 Å². The normalized spacial score (nSPS) is 12.9. The predicted octanol–water partition coefficient (Wildman–Crippen LogP) is 4.15. The molecule has 0 aromatic carbocycles. The molecular weight excluding hydrogens is 196 g/mol. The standard InChI is InChI=1S/C14H32N2/c1-3-4-5-6-7-8-9-10-11-12-13-14(2)16-15/h14,16H,3-13,15H2,1-2H3. The Bertz CT molecular complexity index is 126. The molecule has 0 heterocycles. The zero-order chi connectivity index (χ0) is 12.1. The fourth-order valence-electron chi connectivity index (χ4n) is 2.02. The van der Waals surface area contributed by atoms with Crippen molar-refractivity contribution >= 4 is 0 Å². The lowest BCUT2D eigenvalue weighted by molar-refractivity contribution is 0.485. The van der Waals surface area contributed by atoms with E-state index in [9.17, 15) is 0 Å². The summed E-state index contributed by atoms with van der Waals surface area (Å²) in [6.45, 7) is 4.42. The van der Waals surface area contributed by atoms with E-state index in [0.717, 1.165) is 0 Å². The van der Waals surface area contributed by atoms with Crippen molar-refractivity contribution < 1.29 is 0 Å². The lowest BCUT2D eigenvalue weighted by Gasteiger charge is -2.08. The van der Waals surface area contributed by atoms with Crippen molar-refractivity contribution in [3.8, 4) is 0 Å². The predicted molar refractivity (Wildman–Crippen MR) is 73.2 cm³/mol. The average Bonchev–Trinajstić information content (AvgIpc) is 2.31. The van der Waals surface area contributed by atoms with Gasteiger partial charge in [-0.05, 0) is 13.3 Å². The van der Waals surface area contributed by atoms with E-state index in [1.54, 1.807) is 0 Å². The van der Waals surface area contributed by atoms with Gasteiger partial charge in [0.15, 0.2) is 0 Å². The van der Waals surface area contributed by atoms with Crippen LogP contribution in [0.2, 0.25) is 0 Å². The summed E-state index contributed by atoms with van der Waals surface area (Å²) in [6, 6.07) is 0.481. The maximum Gasteiger partial charge on any atom is 0.0182 e. The maximum absolute atomic E-state index is 5.34. The highest BCUT2D eigenvalue weighted by molar-refractivity contribution is 4.55. The second kappa shape index (κ2) is 13.0. The largest absolute Gasteiger partial charge is 0.271 e. The van der Waals surface area contributed by atoms with Crippen LogP contribution in [0, 0.1) is 0 Å². The zero-order valence-corrected chi connectivity index (χ0v) is 11.4. The molecule has 98 valence electrons. The summed E-state index contributed by atoms with van der Waals surface area (Å²) in [7, 11) is 0. The van der Waals surface area contributed by atoms with Gasteiger partial charge in [-0.15, -0.1) is 0 Å². The van der Waals surface area contributed by atoms with Gasteiger partial charge in [0.2, 0.25) is 0 Å². The molecule has 0 saturated heterocycles. The summed E-state index contributed by atoms with van der Waals surface area (Å²) in [6.07, 6.45) is 15.3. The summed E-state index contributed by atoms with van der Waals surface area (Å²) in [5.41, 5.74) is 2.80. The Morgan fingerprint density at radius 3 is 1.69 bits per heavy atom. The molecule has 1 unspecified atom stereocenters. The Hall–Kier alpha value is -0.0800. The maximum atomic E-state index is 5.34. The topological polar surface area (TPSA) is 38.0 Å². The molecule has 2 heteroatoms. The van der Waals surface area contributed by atoms with E-state index in [2.05, 4.69) is 19.3 Å². The third-order valence-electron chi connectivity index (χ3n) is 3.28. The van der Waals surface area contributed by atoms with Gasteiger partial charge in [0.25, 0.3) is 0 Å². The van der Waals surface area contributed by atoms with Crippen molar-refractivity contribution in [3.05, 3.63) is 0 Å². The zero-order valence-electron chi connectivity index (χ0n) is 11.4. The van der Waals surface area contributed by atoms with Crippen molar-refractivity contribution in [2.24, 2.45) is 5.84 Å². The first-order chi connectivity index (χ1) is 7.81. The summed E-state index contributed by atoms with van der Waals surface area (Å²) >= 11 is 0. The second-order valence-electron chi connectivity index (χ2n) is 5.04. The molecule has 0 saturated carbocycles. The van der Waals surface area contributed by atoms with Gasteiger partial charge in [0, 0.05) is 6.04 Å². The minimum Gasteiger partial charge on any atom is -0.271 e. The van der Waals surface area contributed by atoms with E-state index in [-0.39, 0.29) is 0 Å². The molecule has 0 bridgehead atoms. The molecule has 16 heavy (non-hydrogen) atoms. The number of nitrogens with two attached hydrogens (primary N) is 1. The van der Waals surface area contributed by atoms with Crippen LogP contribution in [-0.2, 0) is 0 Å². The summed E-state index contributed by atoms with van der Waals surface area (Å²) in [5, 5.41) is 0. The van der Waals surface area contributed by atoms with Crippen molar-refractivity contribution in [1.29, 1.82) is 0 Å². The third kappa shape index (κ3) is 12.0. The molecule has 0 aliphatic rings. The van der Waals surface area contributed by atoms with Crippen LogP contribution in [0.25, 0.3) is 0 Å². The van der Waals surface area contributed by atoms with Gasteiger partial charge in [0.1, 0.15) is 0 Å². The first-order valence-electron chi connectivity index (χ1n) is 7.27. The molecule has 3 N–H and O–H groups in total. The van der Waals surface area contributed by atoms with Gasteiger partial charge in [-0.25, -0.2) is 0 Å². The molecule has 0 radical (unpaired) electrons. The van der Waals surface area contributed by atoms with Crippen LogP contribution in [0.4, 0.5) is 0 Å². The van der Waals surface area contributed by atoms with Crippen molar-refractivity contribution in [2.75, 3.05) is 0 Å². The Kier molecular flexibility index (Phi) is 12.9. The summed E-state index contributed by atoms with van der Waals surface area (Å²) in [5.74, 6) is 5.34. The average molecular weight is 228 g/mol. The van der Waals surface area contributed by atoms with E-state index in [4.69, 9.17) is 5.84 Å². The molecule has 0 aromatic heterocycles. The lowest BCUT2D eigenvalue weighted by atomic mass is 10.0. The molecule has 0 fully saturated rings. The number of hydrogen-bond donors (Lipinski definition) is 2. The molecule has 0 spiro atoms. The summed E-state index contributed by atoms with van der Waals surface area (Å²) in [4.78, 5) is 0. The van der Waals surface area contributed by atoms with Crippen LogP contribution in [0.3, 0.4) is 0 Å². The Labute approximate surface area is 102 Å². The van der Waals surface area contributed by atoms with Crippen molar-refractivity contribution in [1.82, 2.24) is 5.43 Å². The minimum atomic E-state index is 0.481. The number of unbranched alkanes of at least 4 members (excludes halogenated alkanes) is 9.